The normalized spacial score (nSPS) is 11.5. The van der Waals surface area contributed by atoms with Crippen molar-refractivity contribution in [2.75, 3.05) is 25.6 Å². The van der Waals surface area contributed by atoms with Crippen LogP contribution in [0.4, 0.5) is 5.69 Å². The quantitative estimate of drug-likeness (QED) is 0.124. The average molecular weight is 562 g/mol. The van der Waals surface area contributed by atoms with E-state index in [0.717, 1.165) is 17.2 Å². The van der Waals surface area contributed by atoms with Gasteiger partial charge in [0.25, 0.3) is 5.91 Å². The molecule has 8 heteroatoms. The molecule has 4 aromatic carbocycles. The smallest absolute Gasteiger partial charge is 0.255 e. The Morgan fingerprint density at radius 1 is 0.881 bits per heavy atom. The number of fused-ring (bicyclic) bond motifs is 1. The lowest BCUT2D eigenvalue weighted by Crippen LogP contribution is -2.24. The lowest BCUT2D eigenvalue weighted by molar-refractivity contribution is -0.109. The van der Waals surface area contributed by atoms with Gasteiger partial charge in [-0.1, -0.05) is 48.5 Å². The molecule has 1 atom stereocenters. The van der Waals surface area contributed by atoms with Gasteiger partial charge in [-0.3, -0.25) is 9.78 Å². The van der Waals surface area contributed by atoms with Crippen LogP contribution in [0, 0.1) is 0 Å². The Kier molecular flexibility index (Phi) is 9.39. The van der Waals surface area contributed by atoms with E-state index >= 15 is 0 Å². The first kappa shape index (κ1) is 28.3. The first-order valence-corrected chi connectivity index (χ1v) is 13.6. The molecule has 1 heterocycles. The highest BCUT2D eigenvalue weighted by Gasteiger charge is 2.13. The summed E-state index contributed by atoms with van der Waals surface area (Å²) in [5.74, 6) is 2.17. The zero-order chi connectivity index (χ0) is 29.1. The maximum atomic E-state index is 12.4. The third kappa shape index (κ3) is 7.10. The zero-order valence-electron chi connectivity index (χ0n) is 23.2. The fourth-order valence-electron chi connectivity index (χ4n) is 4.43. The second kappa shape index (κ2) is 13.9. The van der Waals surface area contributed by atoms with Crippen molar-refractivity contribution in [2.45, 2.75) is 12.5 Å². The van der Waals surface area contributed by atoms with Gasteiger partial charge in [-0.05, 0) is 67.1 Å². The summed E-state index contributed by atoms with van der Waals surface area (Å²) in [5.41, 5.74) is 2.87. The molecule has 0 aliphatic heterocycles. The van der Waals surface area contributed by atoms with Gasteiger partial charge in [-0.2, -0.15) is 0 Å². The van der Waals surface area contributed by atoms with Crippen molar-refractivity contribution >= 4 is 28.8 Å². The SMILES string of the molecule is COc1cc2c(Oc3ccc(NC(=O)c4ccccc4)cc3)ccnc2cc1OCCCN[C@H](C=O)c1ccccc1. The number of aldehydes is 1. The van der Waals surface area contributed by atoms with Crippen molar-refractivity contribution in [3.8, 4) is 23.0 Å². The van der Waals surface area contributed by atoms with Crippen LogP contribution in [0.5, 0.6) is 23.0 Å². The number of carbonyl (C=O) groups is 2. The van der Waals surface area contributed by atoms with Crippen molar-refractivity contribution in [1.82, 2.24) is 10.3 Å². The van der Waals surface area contributed by atoms with Crippen molar-refractivity contribution in [2.24, 2.45) is 0 Å². The largest absolute Gasteiger partial charge is 0.493 e. The Morgan fingerprint density at radius 2 is 1.62 bits per heavy atom. The molecule has 42 heavy (non-hydrogen) atoms. The van der Waals surface area contributed by atoms with E-state index in [-0.39, 0.29) is 11.9 Å². The van der Waals surface area contributed by atoms with E-state index < -0.39 is 0 Å². The van der Waals surface area contributed by atoms with Gasteiger partial charge in [0.1, 0.15) is 17.8 Å². The van der Waals surface area contributed by atoms with Crippen LogP contribution in [0.2, 0.25) is 0 Å². The van der Waals surface area contributed by atoms with Gasteiger partial charge in [0.2, 0.25) is 0 Å². The molecule has 212 valence electrons. The lowest BCUT2D eigenvalue weighted by Gasteiger charge is -2.15. The second-order valence-corrected chi connectivity index (χ2v) is 9.46. The zero-order valence-corrected chi connectivity index (χ0v) is 23.2. The van der Waals surface area contributed by atoms with E-state index in [1.165, 1.54) is 0 Å². The van der Waals surface area contributed by atoms with Crippen molar-refractivity contribution < 1.29 is 23.8 Å². The van der Waals surface area contributed by atoms with Gasteiger partial charge < -0.3 is 29.6 Å². The molecule has 5 rings (SSSR count). The Labute approximate surface area is 244 Å². The Hall–Kier alpha value is -5.21. The number of benzene rings is 4. The summed E-state index contributed by atoms with van der Waals surface area (Å²) in [6.07, 6.45) is 3.28. The molecule has 0 saturated carbocycles. The van der Waals surface area contributed by atoms with Gasteiger partial charge in [0, 0.05) is 28.9 Å². The number of amides is 1. The summed E-state index contributed by atoms with van der Waals surface area (Å²) in [6, 6.07) is 30.9. The first-order valence-electron chi connectivity index (χ1n) is 13.6. The van der Waals surface area contributed by atoms with E-state index in [9.17, 15) is 9.59 Å². The highest BCUT2D eigenvalue weighted by atomic mass is 16.5. The number of nitrogens with zero attached hydrogens (tertiary/aromatic N) is 1. The predicted molar refractivity (Wildman–Crippen MR) is 163 cm³/mol. The van der Waals surface area contributed by atoms with E-state index in [2.05, 4.69) is 15.6 Å². The fourth-order valence-corrected chi connectivity index (χ4v) is 4.43. The van der Waals surface area contributed by atoms with Crippen LogP contribution in [0.15, 0.2) is 109 Å². The minimum Gasteiger partial charge on any atom is -0.493 e. The minimum atomic E-state index is -0.353. The Bertz CT molecular complexity index is 1630. The van der Waals surface area contributed by atoms with Crippen LogP contribution in [-0.4, -0.2) is 37.4 Å². The van der Waals surface area contributed by atoms with E-state index in [1.807, 2.05) is 60.7 Å². The van der Waals surface area contributed by atoms with E-state index in [1.54, 1.807) is 55.8 Å². The molecule has 0 aliphatic rings. The number of aromatic nitrogens is 1. The lowest BCUT2D eigenvalue weighted by atomic mass is 10.1. The summed E-state index contributed by atoms with van der Waals surface area (Å²) >= 11 is 0. The van der Waals surface area contributed by atoms with Gasteiger partial charge >= 0.3 is 0 Å². The van der Waals surface area contributed by atoms with Crippen molar-refractivity contribution in [3.05, 3.63) is 120 Å². The number of rotatable bonds is 13. The van der Waals surface area contributed by atoms with Crippen LogP contribution in [0.3, 0.4) is 0 Å². The van der Waals surface area contributed by atoms with Gasteiger partial charge in [0.05, 0.1) is 25.3 Å². The highest BCUT2D eigenvalue weighted by Crippen LogP contribution is 2.37. The van der Waals surface area contributed by atoms with Crippen molar-refractivity contribution in [3.63, 3.8) is 0 Å². The molecule has 8 nitrogen and oxygen atoms in total. The number of hydrogen-bond acceptors (Lipinski definition) is 7. The van der Waals surface area contributed by atoms with Gasteiger partial charge in [0.15, 0.2) is 11.5 Å². The number of methoxy groups -OCH3 is 1. The molecule has 0 fully saturated rings. The fraction of sp³-hybridized carbons (Fsp3) is 0.147. The maximum absolute atomic E-state index is 12.4. The molecule has 0 saturated heterocycles. The van der Waals surface area contributed by atoms with Crippen LogP contribution in [-0.2, 0) is 4.79 Å². The van der Waals surface area contributed by atoms with Crippen LogP contribution >= 0.6 is 0 Å². The molecule has 2 N–H and O–H groups in total. The number of carbonyl (C=O) groups excluding carboxylic acids is 2. The molecule has 0 radical (unpaired) electrons. The van der Waals surface area contributed by atoms with Crippen molar-refractivity contribution in [1.29, 1.82) is 0 Å². The molecular formula is C34H31N3O5. The van der Waals surface area contributed by atoms with Crippen LogP contribution in [0.25, 0.3) is 10.9 Å². The summed E-state index contributed by atoms with van der Waals surface area (Å²) in [7, 11) is 1.59. The summed E-state index contributed by atoms with van der Waals surface area (Å²) in [4.78, 5) is 28.4. The maximum Gasteiger partial charge on any atom is 0.255 e. The third-order valence-electron chi connectivity index (χ3n) is 6.60. The number of nitrogens with one attached hydrogen (secondary N) is 2. The summed E-state index contributed by atoms with van der Waals surface area (Å²) < 4.78 is 17.8. The topological polar surface area (TPSA) is 98.8 Å². The Morgan fingerprint density at radius 3 is 2.33 bits per heavy atom. The van der Waals surface area contributed by atoms with Gasteiger partial charge in [-0.15, -0.1) is 0 Å². The molecule has 5 aromatic rings. The van der Waals surface area contributed by atoms with E-state index in [0.29, 0.717) is 59.3 Å². The number of anilines is 1. The Balaban J connectivity index is 1.21. The second-order valence-electron chi connectivity index (χ2n) is 9.46. The summed E-state index contributed by atoms with van der Waals surface area (Å²) in [5, 5.41) is 6.90. The molecule has 0 unspecified atom stereocenters. The average Bonchev–Trinajstić information content (AvgIpc) is 3.04. The highest BCUT2D eigenvalue weighted by molar-refractivity contribution is 6.04. The molecule has 1 aromatic heterocycles. The molecule has 0 spiro atoms. The standard InChI is InChI=1S/C34H31N3O5/c1-40-32-21-28-29(22-33(32)41-20-8-18-35-30(23-38)24-9-4-2-5-10-24)36-19-17-31(28)42-27-15-13-26(14-16-27)37-34(39)25-11-6-3-7-12-25/h2-7,9-17,19,21-23,30,35H,8,18,20H2,1H3,(H,37,39)/t30-/m1/s1. The summed E-state index contributed by atoms with van der Waals surface area (Å²) in [6.45, 7) is 1.04. The van der Waals surface area contributed by atoms with Gasteiger partial charge in [-0.25, -0.2) is 0 Å². The molecule has 0 aliphatic carbocycles. The van der Waals surface area contributed by atoms with Crippen LogP contribution in [0.1, 0.15) is 28.4 Å². The van der Waals surface area contributed by atoms with E-state index in [4.69, 9.17) is 14.2 Å². The first-order chi connectivity index (χ1) is 20.6. The predicted octanol–water partition coefficient (Wildman–Crippen LogP) is 6.59. The number of hydrogen-bond donors (Lipinski definition) is 2. The molecule has 1 amide bonds. The molecule has 0 bridgehead atoms. The minimum absolute atomic E-state index is 0.178. The molecular weight excluding hydrogens is 530 g/mol. The number of pyridine rings is 1. The third-order valence-corrected chi connectivity index (χ3v) is 6.60. The number of ether oxygens (including phenoxy) is 3. The monoisotopic (exact) mass is 561 g/mol. The van der Waals surface area contributed by atoms with Crippen LogP contribution < -0.4 is 24.8 Å².